The molecule has 1 atom stereocenters. The fraction of sp³-hybridized carbons (Fsp3) is 0.538. The first-order chi connectivity index (χ1) is 9.18. The highest BCUT2D eigenvalue weighted by molar-refractivity contribution is 6.49. The van der Waals surface area contributed by atoms with Gasteiger partial charge in [0.05, 0.1) is 13.2 Å². The minimum Gasteiger partial charge on any atom is -0.497 e. The van der Waals surface area contributed by atoms with Gasteiger partial charge in [-0.2, -0.15) is 13.2 Å². The van der Waals surface area contributed by atoms with Gasteiger partial charge in [0.25, 0.3) is 0 Å². The highest BCUT2D eigenvalue weighted by Gasteiger charge is 2.41. The summed E-state index contributed by atoms with van der Waals surface area (Å²) in [7, 11) is 0. The maximum absolute atomic E-state index is 12.7. The Morgan fingerprint density at radius 2 is 2.15 bits per heavy atom. The number of hydrogen-bond donors (Lipinski definition) is 1. The molecule has 4 nitrogen and oxygen atoms in total. The van der Waals surface area contributed by atoms with Crippen LogP contribution >= 0.6 is 0 Å². The average Bonchev–Trinajstić information content (AvgIpc) is 2.61. The molecule has 2 N–H and O–H groups in total. The van der Waals surface area contributed by atoms with Crippen molar-refractivity contribution < 1.29 is 22.7 Å². The van der Waals surface area contributed by atoms with Crippen LogP contribution in [0.1, 0.15) is 20.3 Å². The van der Waals surface area contributed by atoms with Crippen molar-refractivity contribution in [2.45, 2.75) is 26.4 Å². The third-order valence-corrected chi connectivity index (χ3v) is 2.87. The van der Waals surface area contributed by atoms with E-state index in [0.717, 1.165) is 0 Å². The van der Waals surface area contributed by atoms with Crippen molar-refractivity contribution in [1.82, 2.24) is 0 Å². The molecule has 1 rings (SSSR count). The number of alkyl halides is 3. The molecule has 20 heavy (non-hydrogen) atoms. The standard InChI is InChI=1S/C13H17F3N2O2/c1-4-20-8(3)6-18-10-9(5-7(2)11(10)19)12(17)13(14,15)16/h7H,3-6,17H2,1-2H3. The lowest BCUT2D eigenvalue weighted by atomic mass is 10.1. The Bertz CT molecular complexity index is 478. The molecule has 0 aromatic rings. The maximum Gasteiger partial charge on any atom is 0.431 e. The van der Waals surface area contributed by atoms with Gasteiger partial charge in [-0.15, -0.1) is 0 Å². The first kappa shape index (κ1) is 16.3. The topological polar surface area (TPSA) is 64.7 Å². The zero-order valence-corrected chi connectivity index (χ0v) is 11.4. The van der Waals surface area contributed by atoms with Crippen molar-refractivity contribution in [3.63, 3.8) is 0 Å². The van der Waals surface area contributed by atoms with Gasteiger partial charge >= 0.3 is 6.18 Å². The molecule has 7 heteroatoms. The molecule has 0 aromatic heterocycles. The third kappa shape index (κ3) is 3.61. The second kappa shape index (κ2) is 6.11. The smallest absolute Gasteiger partial charge is 0.431 e. The number of nitrogens with two attached hydrogens (primary N) is 1. The zero-order valence-electron chi connectivity index (χ0n) is 11.4. The third-order valence-electron chi connectivity index (χ3n) is 2.87. The minimum absolute atomic E-state index is 0.0515. The summed E-state index contributed by atoms with van der Waals surface area (Å²) in [5.41, 5.74) is 3.40. The molecule has 1 saturated carbocycles. The normalized spacial score (nSPS) is 24.1. The summed E-state index contributed by atoms with van der Waals surface area (Å²) in [5.74, 6) is -0.696. The first-order valence-corrected chi connectivity index (χ1v) is 6.13. The summed E-state index contributed by atoms with van der Waals surface area (Å²) in [6, 6.07) is 0. The molecule has 0 amide bonds. The molecule has 1 aliphatic carbocycles. The lowest BCUT2D eigenvalue weighted by Crippen LogP contribution is -2.24. The minimum atomic E-state index is -4.67. The van der Waals surface area contributed by atoms with Crippen molar-refractivity contribution in [2.24, 2.45) is 16.6 Å². The number of Topliss-reactive ketones (excluding diaryl/α,β-unsaturated/α-hetero) is 1. The van der Waals surface area contributed by atoms with Gasteiger partial charge in [0.15, 0.2) is 5.78 Å². The summed E-state index contributed by atoms with van der Waals surface area (Å²) < 4.78 is 43.0. The van der Waals surface area contributed by atoms with Crippen LogP contribution in [0.4, 0.5) is 13.2 Å². The molecule has 1 aliphatic rings. The van der Waals surface area contributed by atoms with Crippen LogP contribution in [-0.4, -0.2) is 30.8 Å². The van der Waals surface area contributed by atoms with Crippen LogP contribution in [0.2, 0.25) is 0 Å². The van der Waals surface area contributed by atoms with Crippen LogP contribution in [0.25, 0.3) is 0 Å². The van der Waals surface area contributed by atoms with Crippen molar-refractivity contribution in [2.75, 3.05) is 13.2 Å². The van der Waals surface area contributed by atoms with Crippen molar-refractivity contribution in [1.29, 1.82) is 0 Å². The molecule has 0 bridgehead atoms. The van der Waals surface area contributed by atoms with E-state index in [0.29, 0.717) is 6.61 Å². The van der Waals surface area contributed by atoms with Crippen LogP contribution in [0.15, 0.2) is 28.6 Å². The summed E-state index contributed by atoms with van der Waals surface area (Å²) in [5, 5.41) is 0. The molecule has 0 saturated heterocycles. The van der Waals surface area contributed by atoms with Gasteiger partial charge in [0.2, 0.25) is 0 Å². The molecule has 0 spiro atoms. The largest absolute Gasteiger partial charge is 0.497 e. The average molecular weight is 290 g/mol. The molecule has 0 aliphatic heterocycles. The van der Waals surface area contributed by atoms with Crippen LogP contribution in [-0.2, 0) is 9.53 Å². The Hall–Kier alpha value is -1.79. The number of allylic oxidation sites excluding steroid dienone is 2. The van der Waals surface area contributed by atoms with E-state index in [1.165, 1.54) is 0 Å². The highest BCUT2D eigenvalue weighted by Crippen LogP contribution is 2.33. The van der Waals surface area contributed by atoms with Gasteiger partial charge in [0.1, 0.15) is 17.2 Å². The number of aliphatic imine (C=N–C) groups is 1. The predicted octanol–water partition coefficient (Wildman–Crippen LogP) is 2.36. The fourth-order valence-corrected chi connectivity index (χ4v) is 1.88. The fourth-order valence-electron chi connectivity index (χ4n) is 1.88. The Balaban J connectivity index is 3.09. The Labute approximate surface area is 115 Å². The van der Waals surface area contributed by atoms with Crippen molar-refractivity contribution in [3.8, 4) is 0 Å². The number of rotatable bonds is 4. The van der Waals surface area contributed by atoms with Crippen molar-refractivity contribution in [3.05, 3.63) is 23.6 Å². The second-order valence-corrected chi connectivity index (χ2v) is 4.50. The highest BCUT2D eigenvalue weighted by atomic mass is 19.4. The van der Waals surface area contributed by atoms with Gasteiger partial charge in [-0.25, -0.2) is 0 Å². The number of nitrogens with zero attached hydrogens (tertiary/aromatic N) is 1. The summed E-state index contributed by atoms with van der Waals surface area (Å²) in [6.45, 7) is 7.17. The lowest BCUT2D eigenvalue weighted by molar-refractivity contribution is -0.115. The number of hydrogen-bond acceptors (Lipinski definition) is 4. The number of halogens is 3. The van der Waals surface area contributed by atoms with Crippen LogP contribution in [0, 0.1) is 5.92 Å². The molecule has 1 unspecified atom stereocenters. The van der Waals surface area contributed by atoms with Gasteiger partial charge in [0, 0.05) is 11.5 Å². The zero-order chi connectivity index (χ0) is 15.5. The van der Waals surface area contributed by atoms with Gasteiger partial charge < -0.3 is 10.5 Å². The van der Waals surface area contributed by atoms with Crippen LogP contribution < -0.4 is 5.73 Å². The predicted molar refractivity (Wildman–Crippen MR) is 69.1 cm³/mol. The molecular weight excluding hydrogens is 273 g/mol. The summed E-state index contributed by atoms with van der Waals surface area (Å²) in [6.07, 6.45) is -4.72. The Kier molecular flexibility index (Phi) is 4.97. The van der Waals surface area contributed by atoms with E-state index in [1.807, 2.05) is 0 Å². The summed E-state index contributed by atoms with van der Waals surface area (Å²) >= 11 is 0. The van der Waals surface area contributed by atoms with Crippen LogP contribution in [0.3, 0.4) is 0 Å². The molecule has 1 fully saturated rings. The number of ketones is 1. The van der Waals surface area contributed by atoms with Gasteiger partial charge in [-0.3, -0.25) is 9.79 Å². The number of ether oxygens (including phenoxy) is 1. The van der Waals surface area contributed by atoms with E-state index in [1.54, 1.807) is 13.8 Å². The Morgan fingerprint density at radius 1 is 1.55 bits per heavy atom. The van der Waals surface area contributed by atoms with E-state index in [2.05, 4.69) is 11.6 Å². The lowest BCUT2D eigenvalue weighted by Gasteiger charge is -2.10. The van der Waals surface area contributed by atoms with Gasteiger partial charge in [-0.1, -0.05) is 13.5 Å². The monoisotopic (exact) mass is 290 g/mol. The molecule has 112 valence electrons. The van der Waals surface area contributed by atoms with E-state index >= 15 is 0 Å². The number of carbonyl (C=O) groups excluding carboxylic acids is 1. The quantitative estimate of drug-likeness (QED) is 0.808. The molecule has 0 heterocycles. The van der Waals surface area contributed by atoms with Crippen LogP contribution in [0.5, 0.6) is 0 Å². The molecular formula is C13H17F3N2O2. The van der Waals surface area contributed by atoms with E-state index in [-0.39, 0.29) is 30.0 Å². The Morgan fingerprint density at radius 3 is 2.65 bits per heavy atom. The number of carbonyl (C=O) groups is 1. The first-order valence-electron chi connectivity index (χ1n) is 6.13. The maximum atomic E-state index is 12.7. The van der Waals surface area contributed by atoms with Crippen molar-refractivity contribution >= 4 is 11.5 Å². The van der Waals surface area contributed by atoms with E-state index in [9.17, 15) is 18.0 Å². The molecule has 0 aromatic carbocycles. The molecule has 0 radical (unpaired) electrons. The SMILES string of the molecule is C=C(CN=C1C(=O)C(C)CC1=C(N)C(F)(F)F)OCC. The second-order valence-electron chi connectivity index (χ2n) is 4.50. The van der Waals surface area contributed by atoms with E-state index < -0.39 is 23.6 Å². The van der Waals surface area contributed by atoms with E-state index in [4.69, 9.17) is 10.5 Å². The van der Waals surface area contributed by atoms with Gasteiger partial charge in [-0.05, 0) is 13.3 Å². The summed E-state index contributed by atoms with van der Waals surface area (Å²) in [4.78, 5) is 15.8.